The molecule has 29 heavy (non-hydrogen) atoms. The molecule has 0 spiro atoms. The van der Waals surface area contributed by atoms with Crippen LogP contribution in [0.3, 0.4) is 0 Å². The predicted molar refractivity (Wildman–Crippen MR) is 107 cm³/mol. The van der Waals surface area contributed by atoms with Crippen LogP contribution >= 0.6 is 0 Å². The van der Waals surface area contributed by atoms with Crippen molar-refractivity contribution in [1.29, 1.82) is 0 Å². The third kappa shape index (κ3) is 3.47. The molecule has 0 saturated heterocycles. The van der Waals surface area contributed by atoms with E-state index in [-0.39, 0.29) is 17.1 Å². The van der Waals surface area contributed by atoms with Gasteiger partial charge >= 0.3 is 11.9 Å². The molecular weight excluding hydrogens is 372 g/mol. The third-order valence-electron chi connectivity index (χ3n) is 4.90. The van der Waals surface area contributed by atoms with Gasteiger partial charge < -0.3 is 19.4 Å². The minimum Gasteiger partial charge on any atom is -0.465 e. The van der Waals surface area contributed by atoms with E-state index in [0.29, 0.717) is 16.9 Å². The minimum atomic E-state index is -0.572. The van der Waals surface area contributed by atoms with Crippen LogP contribution in [0.25, 0.3) is 11.8 Å². The van der Waals surface area contributed by atoms with E-state index in [1.165, 1.54) is 14.2 Å². The molecule has 0 fully saturated rings. The van der Waals surface area contributed by atoms with Crippen LogP contribution in [0.1, 0.15) is 34.2 Å². The summed E-state index contributed by atoms with van der Waals surface area (Å²) in [5.41, 5.74) is 4.46. The summed E-state index contributed by atoms with van der Waals surface area (Å²) in [5, 5.41) is 2.66. The van der Waals surface area contributed by atoms with E-state index in [9.17, 15) is 14.4 Å². The van der Waals surface area contributed by atoms with Crippen LogP contribution in [0.2, 0.25) is 0 Å². The first-order valence-electron chi connectivity index (χ1n) is 8.99. The van der Waals surface area contributed by atoms with Crippen molar-refractivity contribution >= 4 is 23.9 Å². The number of para-hydroxylation sites is 1. The van der Waals surface area contributed by atoms with Gasteiger partial charge in [-0.05, 0) is 50.6 Å². The zero-order chi connectivity index (χ0) is 21.3. The van der Waals surface area contributed by atoms with Crippen molar-refractivity contribution in [3.8, 4) is 5.69 Å². The van der Waals surface area contributed by atoms with E-state index in [4.69, 9.17) is 9.47 Å². The molecule has 150 valence electrons. The molecule has 0 bridgehead atoms. The van der Waals surface area contributed by atoms with Crippen LogP contribution in [0.15, 0.2) is 47.2 Å². The van der Waals surface area contributed by atoms with E-state index < -0.39 is 11.9 Å². The van der Waals surface area contributed by atoms with Gasteiger partial charge in [0.15, 0.2) is 0 Å². The number of esters is 2. The number of hydrogen-bond donors (Lipinski definition) is 1. The molecule has 7 heteroatoms. The predicted octanol–water partition coefficient (Wildman–Crippen LogP) is 2.84. The van der Waals surface area contributed by atoms with Crippen molar-refractivity contribution in [3.63, 3.8) is 0 Å². The van der Waals surface area contributed by atoms with Gasteiger partial charge in [-0.15, -0.1) is 0 Å². The van der Waals surface area contributed by atoms with Crippen LogP contribution in [0.4, 0.5) is 0 Å². The van der Waals surface area contributed by atoms with E-state index >= 15 is 0 Å². The Hall–Kier alpha value is -3.61. The van der Waals surface area contributed by atoms with Gasteiger partial charge in [0.1, 0.15) is 0 Å². The molecule has 7 nitrogen and oxygen atoms in total. The lowest BCUT2D eigenvalue weighted by Crippen LogP contribution is -2.15. The third-order valence-corrected chi connectivity index (χ3v) is 4.90. The first kappa shape index (κ1) is 20.1. The Morgan fingerprint density at radius 1 is 1.03 bits per heavy atom. The highest BCUT2D eigenvalue weighted by Gasteiger charge is 2.31. The van der Waals surface area contributed by atoms with Crippen molar-refractivity contribution in [1.82, 2.24) is 9.88 Å². The molecular formula is C22H22N2O5. The van der Waals surface area contributed by atoms with Crippen molar-refractivity contribution in [2.24, 2.45) is 0 Å². The Morgan fingerprint density at radius 2 is 1.69 bits per heavy atom. The smallest absolute Gasteiger partial charge is 0.340 e. The zero-order valence-electron chi connectivity index (χ0n) is 17.0. The molecule has 3 rings (SSSR count). The Bertz CT molecular complexity index is 1090. The van der Waals surface area contributed by atoms with Crippen LogP contribution in [0.5, 0.6) is 0 Å². The van der Waals surface area contributed by atoms with Crippen molar-refractivity contribution in [2.75, 3.05) is 14.2 Å². The molecule has 0 aliphatic carbocycles. The number of aromatic nitrogens is 1. The molecule has 1 aromatic carbocycles. The minimum absolute atomic E-state index is 0.220. The molecule has 2 aromatic rings. The van der Waals surface area contributed by atoms with Gasteiger partial charge in [0, 0.05) is 17.1 Å². The van der Waals surface area contributed by atoms with Gasteiger partial charge in [-0.25, -0.2) is 9.59 Å². The summed E-state index contributed by atoms with van der Waals surface area (Å²) in [6, 6.07) is 9.03. The van der Waals surface area contributed by atoms with E-state index in [1.54, 1.807) is 25.1 Å². The lowest BCUT2D eigenvalue weighted by molar-refractivity contribution is -0.136. The summed E-state index contributed by atoms with van der Waals surface area (Å²) < 4.78 is 11.6. The fourth-order valence-electron chi connectivity index (χ4n) is 3.53. The molecule has 0 atom stereocenters. The van der Waals surface area contributed by atoms with Gasteiger partial charge in [0.25, 0.3) is 5.91 Å². The number of benzene rings is 1. The fraction of sp³-hybridized carbons (Fsp3) is 0.227. The maximum absolute atomic E-state index is 12.4. The summed E-state index contributed by atoms with van der Waals surface area (Å²) in [6.07, 6.45) is 1.66. The average molecular weight is 394 g/mol. The highest BCUT2D eigenvalue weighted by Crippen LogP contribution is 2.29. The molecule has 2 heterocycles. The largest absolute Gasteiger partial charge is 0.465 e. The van der Waals surface area contributed by atoms with Gasteiger partial charge in [-0.3, -0.25) is 4.79 Å². The maximum atomic E-state index is 12.4. The van der Waals surface area contributed by atoms with Gasteiger partial charge in [0.2, 0.25) is 0 Å². The summed E-state index contributed by atoms with van der Waals surface area (Å²) in [4.78, 5) is 36.7. The molecule has 1 aromatic heterocycles. The number of hydrogen-bond acceptors (Lipinski definition) is 5. The van der Waals surface area contributed by atoms with E-state index in [0.717, 1.165) is 17.0 Å². The molecule has 1 aliphatic rings. The Labute approximate surface area is 168 Å². The number of methoxy groups -OCH3 is 2. The van der Waals surface area contributed by atoms with Crippen LogP contribution < -0.4 is 5.32 Å². The second-order valence-electron chi connectivity index (χ2n) is 6.67. The SMILES string of the molecule is COC(=O)C1=C(C)NC(=O)/C1=C\c1cc(C)n(-c2ccccc2C(=O)OC)c1C. The zero-order valence-corrected chi connectivity index (χ0v) is 17.0. The monoisotopic (exact) mass is 394 g/mol. The first-order chi connectivity index (χ1) is 13.8. The summed E-state index contributed by atoms with van der Waals surface area (Å²) in [6.45, 7) is 5.44. The number of nitrogens with one attached hydrogen (secondary N) is 1. The summed E-state index contributed by atoms with van der Waals surface area (Å²) in [7, 11) is 2.62. The average Bonchev–Trinajstić information content (AvgIpc) is 3.15. The Morgan fingerprint density at radius 3 is 2.34 bits per heavy atom. The molecule has 1 N–H and O–H groups in total. The lowest BCUT2D eigenvalue weighted by atomic mass is 10.0. The highest BCUT2D eigenvalue weighted by atomic mass is 16.5. The second kappa shape index (κ2) is 7.79. The van der Waals surface area contributed by atoms with Gasteiger partial charge in [0.05, 0.1) is 36.6 Å². The normalized spacial score (nSPS) is 14.9. The lowest BCUT2D eigenvalue weighted by Gasteiger charge is -2.13. The number of ether oxygens (including phenoxy) is 2. The highest BCUT2D eigenvalue weighted by molar-refractivity contribution is 6.16. The number of aryl methyl sites for hydroxylation is 1. The van der Waals surface area contributed by atoms with E-state index in [2.05, 4.69) is 5.32 Å². The topological polar surface area (TPSA) is 86.6 Å². The number of carbonyl (C=O) groups is 3. The fourth-order valence-corrected chi connectivity index (χ4v) is 3.53. The molecule has 0 radical (unpaired) electrons. The number of nitrogens with zero attached hydrogens (tertiary/aromatic N) is 1. The van der Waals surface area contributed by atoms with Crippen LogP contribution in [-0.4, -0.2) is 36.6 Å². The molecule has 1 aliphatic heterocycles. The van der Waals surface area contributed by atoms with Crippen molar-refractivity contribution in [3.05, 3.63) is 69.7 Å². The van der Waals surface area contributed by atoms with Gasteiger partial charge in [-0.1, -0.05) is 12.1 Å². The van der Waals surface area contributed by atoms with E-state index in [1.807, 2.05) is 36.6 Å². The van der Waals surface area contributed by atoms with Crippen LogP contribution in [0, 0.1) is 13.8 Å². The number of amides is 1. The standard InChI is InChI=1S/C22H22N2O5/c1-12-10-15(11-17-19(22(27)29-5)13(2)23-20(17)25)14(3)24(12)18-9-7-6-8-16(18)21(26)28-4/h6-11H,1-5H3,(H,23,25)/b17-11-. The maximum Gasteiger partial charge on any atom is 0.340 e. The van der Waals surface area contributed by atoms with Crippen molar-refractivity contribution < 1.29 is 23.9 Å². The molecule has 0 saturated carbocycles. The second-order valence-corrected chi connectivity index (χ2v) is 6.67. The van der Waals surface area contributed by atoms with Gasteiger partial charge in [-0.2, -0.15) is 0 Å². The summed E-state index contributed by atoms with van der Waals surface area (Å²) >= 11 is 0. The number of allylic oxidation sites excluding steroid dienone is 1. The Kier molecular flexibility index (Phi) is 5.41. The number of carbonyl (C=O) groups excluding carboxylic acids is 3. The summed E-state index contributed by atoms with van der Waals surface area (Å²) in [5.74, 6) is -1.37. The quantitative estimate of drug-likeness (QED) is 0.637. The van der Waals surface area contributed by atoms with Crippen molar-refractivity contribution in [2.45, 2.75) is 20.8 Å². The molecule has 1 amide bonds. The first-order valence-corrected chi connectivity index (χ1v) is 8.99. The van der Waals surface area contributed by atoms with Crippen LogP contribution in [-0.2, 0) is 19.1 Å². The molecule has 0 unspecified atom stereocenters. The Balaban J connectivity index is 2.15. The number of rotatable bonds is 4.